The van der Waals surface area contributed by atoms with Crippen molar-refractivity contribution in [1.82, 2.24) is 4.90 Å². The zero-order valence-corrected chi connectivity index (χ0v) is 14.2. The van der Waals surface area contributed by atoms with Gasteiger partial charge in [0.25, 0.3) is 0 Å². The van der Waals surface area contributed by atoms with E-state index in [0.29, 0.717) is 25.9 Å². The molecule has 1 aromatic rings. The maximum absolute atomic E-state index is 12.4. The summed E-state index contributed by atoms with van der Waals surface area (Å²) in [6, 6.07) is 7.91. The number of urea groups is 1. The molecule has 3 rings (SSSR count). The number of benzene rings is 1. The van der Waals surface area contributed by atoms with E-state index >= 15 is 0 Å². The molecule has 0 aliphatic carbocycles. The third-order valence-electron chi connectivity index (χ3n) is 4.89. The smallest absolute Gasteiger partial charge is 0.321 e. The number of amides is 2. The van der Waals surface area contributed by atoms with Crippen molar-refractivity contribution >= 4 is 23.4 Å². The molecule has 1 N–H and O–H groups in total. The van der Waals surface area contributed by atoms with Crippen LogP contribution in [0.1, 0.15) is 25.7 Å². The lowest BCUT2D eigenvalue weighted by Gasteiger charge is -2.30. The van der Waals surface area contributed by atoms with E-state index in [4.69, 9.17) is 4.74 Å². The quantitative estimate of drug-likeness (QED) is 0.865. The number of esters is 1. The van der Waals surface area contributed by atoms with Gasteiger partial charge in [0.2, 0.25) is 0 Å². The number of ether oxygens (including phenoxy) is 1. The highest BCUT2D eigenvalue weighted by Gasteiger charge is 2.27. The van der Waals surface area contributed by atoms with Gasteiger partial charge in [-0.2, -0.15) is 0 Å². The molecular formula is C18H25N3O3. The van der Waals surface area contributed by atoms with Crippen molar-refractivity contribution in [3.63, 3.8) is 0 Å². The second-order valence-corrected chi connectivity index (χ2v) is 6.46. The number of hydrogen-bond acceptors (Lipinski definition) is 4. The summed E-state index contributed by atoms with van der Waals surface area (Å²) in [7, 11) is 1.41. The lowest BCUT2D eigenvalue weighted by atomic mass is 9.97. The van der Waals surface area contributed by atoms with Crippen LogP contribution < -0.4 is 10.2 Å². The number of carbonyl (C=O) groups excluding carboxylic acids is 2. The van der Waals surface area contributed by atoms with Crippen molar-refractivity contribution in [3.8, 4) is 0 Å². The predicted octanol–water partition coefficient (Wildman–Crippen LogP) is 2.70. The maximum Gasteiger partial charge on any atom is 0.321 e. The molecular weight excluding hydrogens is 306 g/mol. The van der Waals surface area contributed by atoms with Crippen molar-refractivity contribution < 1.29 is 14.3 Å². The molecule has 2 saturated heterocycles. The molecule has 24 heavy (non-hydrogen) atoms. The van der Waals surface area contributed by atoms with Gasteiger partial charge < -0.3 is 19.9 Å². The summed E-state index contributed by atoms with van der Waals surface area (Å²) in [5.41, 5.74) is 1.98. The molecule has 6 heteroatoms. The summed E-state index contributed by atoms with van der Waals surface area (Å²) in [6.45, 7) is 3.33. The molecule has 2 fully saturated rings. The summed E-state index contributed by atoms with van der Waals surface area (Å²) in [5.74, 6) is -0.258. The second-order valence-electron chi connectivity index (χ2n) is 6.46. The van der Waals surface area contributed by atoms with Crippen LogP contribution in [0.3, 0.4) is 0 Å². The number of likely N-dealkylation sites (tertiary alicyclic amines) is 1. The molecule has 0 radical (unpaired) electrons. The molecule has 2 aliphatic rings. The molecule has 0 saturated carbocycles. The number of carbonyl (C=O) groups is 2. The van der Waals surface area contributed by atoms with Gasteiger partial charge >= 0.3 is 12.0 Å². The molecule has 0 unspecified atom stereocenters. The zero-order chi connectivity index (χ0) is 16.9. The van der Waals surface area contributed by atoms with Gasteiger partial charge in [0.05, 0.1) is 13.0 Å². The van der Waals surface area contributed by atoms with E-state index in [2.05, 4.69) is 16.3 Å². The molecule has 130 valence electrons. The second kappa shape index (κ2) is 7.55. The lowest BCUT2D eigenvalue weighted by molar-refractivity contribution is -0.146. The van der Waals surface area contributed by atoms with Crippen LogP contribution in [-0.4, -0.2) is 50.2 Å². The minimum atomic E-state index is -0.173. The number of nitrogens with zero attached hydrogens (tertiary/aromatic N) is 2. The standard InChI is InChI=1S/C18H25N3O3/c1-24-17(22)14-7-11-21(12-8-14)18(23)19-15-5-4-6-16(13-15)20-9-2-3-10-20/h4-6,13-14H,2-3,7-12H2,1H3,(H,19,23). The molecule has 0 aromatic heterocycles. The number of piperidine rings is 1. The molecule has 1 aromatic carbocycles. The Kier molecular flexibility index (Phi) is 5.23. The Balaban J connectivity index is 1.55. The van der Waals surface area contributed by atoms with Crippen LogP contribution in [0.5, 0.6) is 0 Å². The minimum absolute atomic E-state index is 0.0856. The fourth-order valence-electron chi connectivity index (χ4n) is 3.44. The van der Waals surface area contributed by atoms with Crippen molar-refractivity contribution in [3.05, 3.63) is 24.3 Å². The average molecular weight is 331 g/mol. The molecule has 2 amide bonds. The number of anilines is 2. The van der Waals surface area contributed by atoms with Crippen LogP contribution in [0, 0.1) is 5.92 Å². The Hall–Kier alpha value is -2.24. The lowest BCUT2D eigenvalue weighted by Crippen LogP contribution is -2.42. The fraction of sp³-hybridized carbons (Fsp3) is 0.556. The van der Waals surface area contributed by atoms with Gasteiger partial charge in [0, 0.05) is 37.6 Å². The van der Waals surface area contributed by atoms with Gasteiger partial charge in [0.1, 0.15) is 0 Å². The summed E-state index contributed by atoms with van der Waals surface area (Å²) >= 11 is 0. The van der Waals surface area contributed by atoms with Gasteiger partial charge in [0.15, 0.2) is 0 Å². The molecule has 2 heterocycles. The van der Waals surface area contributed by atoms with Crippen LogP contribution in [0.2, 0.25) is 0 Å². The Morgan fingerprint density at radius 3 is 2.50 bits per heavy atom. The van der Waals surface area contributed by atoms with Gasteiger partial charge in [-0.25, -0.2) is 4.79 Å². The summed E-state index contributed by atoms with van der Waals surface area (Å²) in [5, 5.41) is 2.98. The first-order valence-electron chi connectivity index (χ1n) is 8.66. The van der Waals surface area contributed by atoms with Gasteiger partial charge in [-0.05, 0) is 43.9 Å². The van der Waals surface area contributed by atoms with Crippen molar-refractivity contribution in [2.45, 2.75) is 25.7 Å². The number of hydrogen-bond donors (Lipinski definition) is 1. The minimum Gasteiger partial charge on any atom is -0.469 e. The van der Waals surface area contributed by atoms with E-state index in [0.717, 1.165) is 24.5 Å². The highest BCUT2D eigenvalue weighted by Crippen LogP contribution is 2.24. The van der Waals surface area contributed by atoms with Crippen LogP contribution in [0.25, 0.3) is 0 Å². The summed E-state index contributed by atoms with van der Waals surface area (Å²) in [6.07, 6.45) is 3.78. The monoisotopic (exact) mass is 331 g/mol. The number of methoxy groups -OCH3 is 1. The van der Waals surface area contributed by atoms with Crippen LogP contribution in [0.4, 0.5) is 16.2 Å². The number of rotatable bonds is 3. The molecule has 0 bridgehead atoms. The molecule has 2 aliphatic heterocycles. The Morgan fingerprint density at radius 1 is 1.12 bits per heavy atom. The topological polar surface area (TPSA) is 61.9 Å². The largest absolute Gasteiger partial charge is 0.469 e. The van der Waals surface area contributed by atoms with Crippen molar-refractivity contribution in [2.75, 3.05) is 43.5 Å². The van der Waals surface area contributed by atoms with E-state index in [1.165, 1.54) is 20.0 Å². The van der Waals surface area contributed by atoms with E-state index < -0.39 is 0 Å². The van der Waals surface area contributed by atoms with Crippen molar-refractivity contribution in [2.24, 2.45) is 5.92 Å². The van der Waals surface area contributed by atoms with Crippen LogP contribution in [-0.2, 0) is 9.53 Å². The SMILES string of the molecule is COC(=O)C1CCN(C(=O)Nc2cccc(N3CCCC3)c2)CC1. The third kappa shape index (κ3) is 3.80. The van der Waals surface area contributed by atoms with E-state index in [9.17, 15) is 9.59 Å². The fourth-order valence-corrected chi connectivity index (χ4v) is 3.44. The van der Waals surface area contributed by atoms with Gasteiger partial charge in [-0.15, -0.1) is 0 Å². The average Bonchev–Trinajstić information content (AvgIpc) is 3.16. The Morgan fingerprint density at radius 2 is 1.83 bits per heavy atom. The Labute approximate surface area is 142 Å². The zero-order valence-electron chi connectivity index (χ0n) is 14.2. The van der Waals surface area contributed by atoms with E-state index in [-0.39, 0.29) is 17.9 Å². The molecule has 6 nitrogen and oxygen atoms in total. The van der Waals surface area contributed by atoms with Crippen LogP contribution >= 0.6 is 0 Å². The molecule has 0 atom stereocenters. The first-order chi connectivity index (χ1) is 11.7. The first kappa shape index (κ1) is 16.6. The van der Waals surface area contributed by atoms with E-state index in [1.807, 2.05) is 18.2 Å². The maximum atomic E-state index is 12.4. The predicted molar refractivity (Wildman–Crippen MR) is 93.2 cm³/mol. The molecule has 0 spiro atoms. The summed E-state index contributed by atoms with van der Waals surface area (Å²) < 4.78 is 4.78. The summed E-state index contributed by atoms with van der Waals surface area (Å²) in [4.78, 5) is 28.1. The highest BCUT2D eigenvalue weighted by molar-refractivity contribution is 5.90. The van der Waals surface area contributed by atoms with Gasteiger partial charge in [-0.3, -0.25) is 4.79 Å². The number of nitrogens with one attached hydrogen (secondary N) is 1. The van der Waals surface area contributed by atoms with E-state index in [1.54, 1.807) is 4.90 Å². The first-order valence-corrected chi connectivity index (χ1v) is 8.66. The third-order valence-corrected chi connectivity index (χ3v) is 4.89. The van der Waals surface area contributed by atoms with Gasteiger partial charge in [-0.1, -0.05) is 6.07 Å². The van der Waals surface area contributed by atoms with Crippen molar-refractivity contribution in [1.29, 1.82) is 0 Å². The van der Waals surface area contributed by atoms with Crippen LogP contribution in [0.15, 0.2) is 24.3 Å². The highest BCUT2D eigenvalue weighted by atomic mass is 16.5. The normalized spacial score (nSPS) is 18.5. The Bertz CT molecular complexity index is 591.